The molecule has 0 aliphatic carbocycles. The number of benzene rings is 4. The summed E-state index contributed by atoms with van der Waals surface area (Å²) in [7, 11) is -0.367. The van der Waals surface area contributed by atoms with Gasteiger partial charge in [-0.25, -0.2) is 4.68 Å². The molecule has 168 valence electrons. The lowest BCUT2D eigenvalue weighted by Gasteiger charge is -2.32. The molecule has 4 aromatic carbocycles. The first-order valence-electron chi connectivity index (χ1n) is 11.7. The summed E-state index contributed by atoms with van der Waals surface area (Å²) in [6.45, 7) is 8.34. The normalized spacial score (nSPS) is 17.0. The monoisotopic (exact) mass is 446 g/mol. The quantitative estimate of drug-likeness (QED) is 0.312. The zero-order valence-corrected chi connectivity index (χ0v) is 19.9. The van der Waals surface area contributed by atoms with E-state index in [0.29, 0.717) is 0 Å². The van der Waals surface area contributed by atoms with E-state index < -0.39 is 0 Å². The molecule has 0 bridgehead atoms. The van der Waals surface area contributed by atoms with Crippen LogP contribution in [0.1, 0.15) is 27.7 Å². The van der Waals surface area contributed by atoms with Crippen molar-refractivity contribution in [2.75, 3.05) is 0 Å². The second kappa shape index (κ2) is 7.56. The smallest absolute Gasteiger partial charge is 0.399 e. The molecule has 0 spiro atoms. The Balaban J connectivity index is 1.37. The van der Waals surface area contributed by atoms with Crippen LogP contribution in [0.5, 0.6) is 0 Å². The van der Waals surface area contributed by atoms with Crippen molar-refractivity contribution in [2.45, 2.75) is 38.9 Å². The van der Waals surface area contributed by atoms with Crippen molar-refractivity contribution < 1.29 is 9.31 Å². The van der Waals surface area contributed by atoms with Crippen LogP contribution in [0.25, 0.3) is 38.5 Å². The number of hydrogen-bond donors (Lipinski definition) is 0. The Morgan fingerprint density at radius 2 is 1.41 bits per heavy atom. The van der Waals surface area contributed by atoms with E-state index >= 15 is 0 Å². The summed E-state index contributed by atoms with van der Waals surface area (Å²) >= 11 is 0. The molecular formula is C29H27BN2O2. The predicted octanol–water partition coefficient (Wildman–Crippen LogP) is 6.14. The molecule has 0 amide bonds. The average Bonchev–Trinajstić information content (AvgIpc) is 3.34. The van der Waals surface area contributed by atoms with Gasteiger partial charge in [0.1, 0.15) is 0 Å². The van der Waals surface area contributed by atoms with Crippen LogP contribution in [0.2, 0.25) is 0 Å². The van der Waals surface area contributed by atoms with Gasteiger partial charge in [-0.05, 0) is 85.4 Å². The summed E-state index contributed by atoms with van der Waals surface area (Å²) < 4.78 is 14.5. The first-order valence-corrected chi connectivity index (χ1v) is 11.7. The lowest BCUT2D eigenvalue weighted by atomic mass is 9.78. The van der Waals surface area contributed by atoms with Gasteiger partial charge in [-0.2, -0.15) is 5.10 Å². The average molecular weight is 446 g/mol. The van der Waals surface area contributed by atoms with E-state index in [1.807, 2.05) is 29.1 Å². The molecule has 5 aromatic rings. The van der Waals surface area contributed by atoms with E-state index in [4.69, 9.17) is 9.31 Å². The summed E-state index contributed by atoms with van der Waals surface area (Å²) in [6.07, 6.45) is 1.94. The van der Waals surface area contributed by atoms with Gasteiger partial charge in [0.25, 0.3) is 0 Å². The van der Waals surface area contributed by atoms with Crippen LogP contribution < -0.4 is 5.46 Å². The maximum atomic E-state index is 6.27. The predicted molar refractivity (Wildman–Crippen MR) is 140 cm³/mol. The molecule has 1 saturated heterocycles. The van der Waals surface area contributed by atoms with E-state index in [9.17, 15) is 0 Å². The SMILES string of the molecule is CC1(C)OB(c2cccc(-c3ccc4cc5c(cnn5-c5ccccc5)cc4c3)c2)OC1(C)C. The van der Waals surface area contributed by atoms with Crippen LogP contribution >= 0.6 is 0 Å². The van der Waals surface area contributed by atoms with E-state index in [1.165, 1.54) is 16.3 Å². The molecule has 1 aromatic heterocycles. The van der Waals surface area contributed by atoms with Crippen molar-refractivity contribution in [3.63, 3.8) is 0 Å². The molecule has 0 saturated carbocycles. The topological polar surface area (TPSA) is 36.3 Å². The highest BCUT2D eigenvalue weighted by atomic mass is 16.7. The van der Waals surface area contributed by atoms with E-state index in [0.717, 1.165) is 27.6 Å². The maximum absolute atomic E-state index is 6.27. The zero-order valence-electron chi connectivity index (χ0n) is 19.9. The summed E-state index contributed by atoms with van der Waals surface area (Å²) in [4.78, 5) is 0. The molecule has 6 rings (SSSR count). The summed E-state index contributed by atoms with van der Waals surface area (Å²) in [5, 5.41) is 8.15. The highest BCUT2D eigenvalue weighted by molar-refractivity contribution is 6.62. The number of nitrogens with zero attached hydrogens (tertiary/aromatic N) is 2. The van der Waals surface area contributed by atoms with Crippen LogP contribution in [0.4, 0.5) is 0 Å². The second-order valence-electron chi connectivity index (χ2n) is 10.1. The minimum atomic E-state index is -0.367. The minimum absolute atomic E-state index is 0.355. The molecule has 34 heavy (non-hydrogen) atoms. The van der Waals surface area contributed by atoms with Crippen LogP contribution in [-0.2, 0) is 9.31 Å². The molecule has 1 aliphatic heterocycles. The lowest BCUT2D eigenvalue weighted by molar-refractivity contribution is 0.00578. The number of para-hydroxylation sites is 1. The molecular weight excluding hydrogens is 419 g/mol. The summed E-state index contributed by atoms with van der Waals surface area (Å²) in [5.74, 6) is 0. The van der Waals surface area contributed by atoms with Gasteiger partial charge in [-0.1, -0.05) is 54.6 Å². The highest BCUT2D eigenvalue weighted by Crippen LogP contribution is 2.37. The van der Waals surface area contributed by atoms with Crippen molar-refractivity contribution in [1.29, 1.82) is 0 Å². The number of rotatable bonds is 3. The lowest BCUT2D eigenvalue weighted by Crippen LogP contribution is -2.41. The van der Waals surface area contributed by atoms with Crippen LogP contribution in [0.3, 0.4) is 0 Å². The first kappa shape index (κ1) is 21.1. The third kappa shape index (κ3) is 3.44. The third-order valence-electron chi connectivity index (χ3n) is 7.27. The van der Waals surface area contributed by atoms with Crippen molar-refractivity contribution in [3.05, 3.63) is 91.1 Å². The van der Waals surface area contributed by atoms with Gasteiger partial charge in [0.05, 0.1) is 28.6 Å². The fourth-order valence-electron chi connectivity index (χ4n) is 4.57. The van der Waals surface area contributed by atoms with E-state index in [2.05, 4.69) is 99.5 Å². The largest absolute Gasteiger partial charge is 0.494 e. The third-order valence-corrected chi connectivity index (χ3v) is 7.27. The number of hydrogen-bond acceptors (Lipinski definition) is 3. The fraction of sp³-hybridized carbons (Fsp3) is 0.207. The Bertz CT molecular complexity index is 1510. The maximum Gasteiger partial charge on any atom is 0.494 e. The van der Waals surface area contributed by atoms with Crippen molar-refractivity contribution in [1.82, 2.24) is 9.78 Å². The van der Waals surface area contributed by atoms with Crippen LogP contribution in [0, 0.1) is 0 Å². The van der Waals surface area contributed by atoms with E-state index in [-0.39, 0.29) is 18.3 Å². The number of fused-ring (bicyclic) bond motifs is 2. The Kier molecular flexibility index (Phi) is 4.70. The van der Waals surface area contributed by atoms with Crippen molar-refractivity contribution >= 4 is 34.3 Å². The molecule has 4 nitrogen and oxygen atoms in total. The van der Waals surface area contributed by atoms with Gasteiger partial charge in [-0.3, -0.25) is 0 Å². The fourth-order valence-corrected chi connectivity index (χ4v) is 4.57. The van der Waals surface area contributed by atoms with Crippen LogP contribution in [0.15, 0.2) is 91.1 Å². The van der Waals surface area contributed by atoms with Crippen molar-refractivity contribution in [2.24, 2.45) is 0 Å². The standard InChI is InChI=1S/C29H27BN2O2/c1-28(2)29(3,4)34-30(33-28)25-10-8-9-20(17-25)21-13-14-22-18-27-24(16-23(22)15-21)19-31-32(27)26-11-6-5-7-12-26/h5-19H,1-4H3. The molecule has 0 radical (unpaired) electrons. The zero-order chi connectivity index (χ0) is 23.5. The molecule has 0 unspecified atom stereocenters. The highest BCUT2D eigenvalue weighted by Gasteiger charge is 2.51. The van der Waals surface area contributed by atoms with E-state index in [1.54, 1.807) is 0 Å². The van der Waals surface area contributed by atoms with Gasteiger partial charge in [0, 0.05) is 5.39 Å². The number of aromatic nitrogens is 2. The van der Waals surface area contributed by atoms with Gasteiger partial charge < -0.3 is 9.31 Å². The molecule has 0 atom stereocenters. The summed E-state index contributed by atoms with van der Waals surface area (Å²) in [6, 6.07) is 29.8. The Morgan fingerprint density at radius 1 is 0.676 bits per heavy atom. The molecule has 1 fully saturated rings. The van der Waals surface area contributed by atoms with Gasteiger partial charge in [0.15, 0.2) is 0 Å². The molecule has 0 N–H and O–H groups in total. The summed E-state index contributed by atoms with van der Waals surface area (Å²) in [5.41, 5.74) is 4.81. The Labute approximate surface area is 200 Å². The van der Waals surface area contributed by atoms with Gasteiger partial charge >= 0.3 is 7.12 Å². The van der Waals surface area contributed by atoms with Crippen molar-refractivity contribution in [3.8, 4) is 16.8 Å². The second-order valence-corrected chi connectivity index (χ2v) is 10.1. The molecule has 5 heteroatoms. The molecule has 2 heterocycles. The first-order chi connectivity index (χ1) is 16.3. The van der Waals surface area contributed by atoms with Gasteiger partial charge in [-0.15, -0.1) is 0 Å². The van der Waals surface area contributed by atoms with Crippen LogP contribution in [-0.4, -0.2) is 28.1 Å². The minimum Gasteiger partial charge on any atom is -0.399 e. The van der Waals surface area contributed by atoms with Gasteiger partial charge in [0.2, 0.25) is 0 Å². The molecule has 1 aliphatic rings. The Hall–Kier alpha value is -3.41. The Morgan fingerprint density at radius 3 is 2.18 bits per heavy atom.